The molecule has 0 aliphatic carbocycles. The Kier molecular flexibility index (Phi) is 4.00. The predicted octanol–water partition coefficient (Wildman–Crippen LogP) is 3.55. The van der Waals surface area contributed by atoms with Gasteiger partial charge in [-0.2, -0.15) is 5.06 Å². The van der Waals surface area contributed by atoms with Crippen LogP contribution in [0.15, 0.2) is 48.5 Å². The zero-order valence-electron chi connectivity index (χ0n) is 12.9. The van der Waals surface area contributed by atoms with Gasteiger partial charge in [-0.15, -0.1) is 0 Å². The monoisotopic (exact) mass is 300 g/mol. The van der Waals surface area contributed by atoms with Crippen LogP contribution >= 0.6 is 0 Å². The van der Waals surface area contributed by atoms with E-state index in [4.69, 9.17) is 10.6 Å². The van der Waals surface area contributed by atoms with Crippen LogP contribution in [0.5, 0.6) is 0 Å². The quantitative estimate of drug-likeness (QED) is 0.938. The average molecular weight is 300 g/mol. The molecule has 2 aromatic rings. The Morgan fingerprint density at radius 1 is 1.05 bits per heavy atom. The minimum absolute atomic E-state index is 0.260. The SMILES string of the molecule is CC(C)(ON1Cc2ccccc2C1)C(N)c1ccc(F)cc1. The highest BCUT2D eigenvalue weighted by molar-refractivity contribution is 5.29. The summed E-state index contributed by atoms with van der Waals surface area (Å²) in [5.41, 5.74) is 9.18. The molecule has 0 fully saturated rings. The van der Waals surface area contributed by atoms with Gasteiger partial charge in [0.05, 0.1) is 6.04 Å². The van der Waals surface area contributed by atoms with Crippen molar-refractivity contribution in [2.24, 2.45) is 5.73 Å². The minimum atomic E-state index is -0.583. The van der Waals surface area contributed by atoms with E-state index in [2.05, 4.69) is 12.1 Å². The lowest BCUT2D eigenvalue weighted by atomic mass is 9.93. The lowest BCUT2D eigenvalue weighted by molar-refractivity contribution is -0.248. The molecule has 1 unspecified atom stereocenters. The van der Waals surface area contributed by atoms with Gasteiger partial charge < -0.3 is 5.73 Å². The molecule has 0 bridgehead atoms. The Bertz CT molecular complexity index is 629. The van der Waals surface area contributed by atoms with E-state index in [1.807, 2.05) is 31.0 Å². The Labute approximate surface area is 130 Å². The number of hydroxylamine groups is 2. The number of rotatable bonds is 4. The first-order valence-corrected chi connectivity index (χ1v) is 7.47. The maximum absolute atomic E-state index is 13.0. The summed E-state index contributed by atoms with van der Waals surface area (Å²) >= 11 is 0. The summed E-state index contributed by atoms with van der Waals surface area (Å²) in [6.07, 6.45) is 0. The number of halogens is 1. The number of hydrogen-bond acceptors (Lipinski definition) is 3. The lowest BCUT2D eigenvalue weighted by Gasteiger charge is -2.35. The first-order valence-electron chi connectivity index (χ1n) is 7.47. The van der Waals surface area contributed by atoms with Crippen LogP contribution in [0.4, 0.5) is 4.39 Å². The van der Waals surface area contributed by atoms with Crippen LogP contribution in [0.3, 0.4) is 0 Å². The topological polar surface area (TPSA) is 38.5 Å². The van der Waals surface area contributed by atoms with Crippen molar-refractivity contribution >= 4 is 0 Å². The van der Waals surface area contributed by atoms with Gasteiger partial charge in [0.15, 0.2) is 0 Å². The van der Waals surface area contributed by atoms with E-state index in [1.54, 1.807) is 12.1 Å². The molecule has 1 aliphatic heterocycles. The van der Waals surface area contributed by atoms with Crippen LogP contribution in [0.1, 0.15) is 36.6 Å². The van der Waals surface area contributed by atoms with Crippen LogP contribution in [-0.4, -0.2) is 10.7 Å². The molecule has 0 aromatic heterocycles. The Morgan fingerprint density at radius 3 is 2.14 bits per heavy atom. The zero-order valence-corrected chi connectivity index (χ0v) is 12.9. The first-order chi connectivity index (χ1) is 10.5. The standard InChI is InChI=1S/C18H21FN2O/c1-18(2,17(20)13-7-9-16(19)10-8-13)22-21-11-14-5-3-4-6-15(14)12-21/h3-10,17H,11-12,20H2,1-2H3. The van der Waals surface area contributed by atoms with Crippen molar-refractivity contribution in [1.29, 1.82) is 0 Å². The van der Waals surface area contributed by atoms with Crippen LogP contribution in [0, 0.1) is 5.82 Å². The van der Waals surface area contributed by atoms with Crippen LogP contribution in [-0.2, 0) is 17.9 Å². The van der Waals surface area contributed by atoms with Crippen molar-refractivity contribution in [1.82, 2.24) is 5.06 Å². The summed E-state index contributed by atoms with van der Waals surface area (Å²) in [6, 6.07) is 14.3. The Morgan fingerprint density at radius 2 is 1.59 bits per heavy atom. The minimum Gasteiger partial charge on any atom is -0.322 e. The largest absolute Gasteiger partial charge is 0.322 e. The van der Waals surface area contributed by atoms with Crippen LogP contribution < -0.4 is 5.73 Å². The van der Waals surface area contributed by atoms with Crippen molar-refractivity contribution < 1.29 is 9.23 Å². The number of nitrogens with two attached hydrogens (primary N) is 1. The Balaban J connectivity index is 1.70. The molecule has 0 saturated heterocycles. The fraction of sp³-hybridized carbons (Fsp3) is 0.333. The summed E-state index contributed by atoms with van der Waals surface area (Å²) in [7, 11) is 0. The van der Waals surface area contributed by atoms with Crippen LogP contribution in [0.25, 0.3) is 0 Å². The van der Waals surface area contributed by atoms with E-state index in [1.165, 1.54) is 23.3 Å². The molecule has 1 aliphatic rings. The third-order valence-electron chi connectivity index (χ3n) is 4.15. The van der Waals surface area contributed by atoms with E-state index >= 15 is 0 Å². The van der Waals surface area contributed by atoms with E-state index in [0.29, 0.717) is 0 Å². The summed E-state index contributed by atoms with van der Waals surface area (Å²) in [4.78, 5) is 6.14. The summed E-state index contributed by atoms with van der Waals surface area (Å²) in [5, 5.41) is 1.94. The van der Waals surface area contributed by atoms with Gasteiger partial charge in [0.25, 0.3) is 0 Å². The average Bonchev–Trinajstić information content (AvgIpc) is 2.88. The second kappa shape index (κ2) is 5.80. The normalized spacial score (nSPS) is 16.5. The lowest BCUT2D eigenvalue weighted by Crippen LogP contribution is -2.42. The molecule has 1 atom stereocenters. The second-order valence-electron chi connectivity index (χ2n) is 6.29. The van der Waals surface area contributed by atoms with Gasteiger partial charge in [0.1, 0.15) is 11.4 Å². The molecular formula is C18H21FN2O. The van der Waals surface area contributed by atoms with Gasteiger partial charge >= 0.3 is 0 Å². The van der Waals surface area contributed by atoms with E-state index in [0.717, 1.165) is 18.7 Å². The van der Waals surface area contributed by atoms with Crippen molar-refractivity contribution in [3.63, 3.8) is 0 Å². The number of nitrogens with zero attached hydrogens (tertiary/aromatic N) is 1. The highest BCUT2D eigenvalue weighted by Crippen LogP contribution is 2.31. The molecule has 4 heteroatoms. The van der Waals surface area contributed by atoms with Crippen molar-refractivity contribution in [3.8, 4) is 0 Å². The third-order valence-corrected chi connectivity index (χ3v) is 4.15. The highest BCUT2D eigenvalue weighted by atomic mass is 19.1. The molecule has 3 nitrogen and oxygen atoms in total. The Hall–Kier alpha value is -1.75. The zero-order chi connectivity index (χ0) is 15.7. The third kappa shape index (κ3) is 3.04. The number of benzene rings is 2. The summed E-state index contributed by atoms with van der Waals surface area (Å²) < 4.78 is 13.0. The molecule has 2 N–H and O–H groups in total. The molecule has 2 aromatic carbocycles. The van der Waals surface area contributed by atoms with E-state index < -0.39 is 5.60 Å². The smallest absolute Gasteiger partial charge is 0.123 e. The van der Waals surface area contributed by atoms with Gasteiger partial charge in [-0.25, -0.2) is 4.39 Å². The maximum atomic E-state index is 13.0. The molecule has 3 rings (SSSR count). The van der Waals surface area contributed by atoms with Crippen molar-refractivity contribution in [3.05, 3.63) is 71.0 Å². The van der Waals surface area contributed by atoms with Gasteiger partial charge in [0, 0.05) is 13.1 Å². The molecule has 0 saturated carbocycles. The number of hydrogen-bond donors (Lipinski definition) is 1. The highest BCUT2D eigenvalue weighted by Gasteiger charge is 2.33. The molecular weight excluding hydrogens is 279 g/mol. The van der Waals surface area contributed by atoms with Crippen molar-refractivity contribution in [2.75, 3.05) is 0 Å². The molecule has 0 radical (unpaired) electrons. The molecule has 22 heavy (non-hydrogen) atoms. The predicted molar refractivity (Wildman–Crippen MR) is 84.2 cm³/mol. The van der Waals surface area contributed by atoms with E-state index in [-0.39, 0.29) is 11.9 Å². The summed E-state index contributed by atoms with van der Waals surface area (Å²) in [6.45, 7) is 5.44. The van der Waals surface area contributed by atoms with Crippen LogP contribution in [0.2, 0.25) is 0 Å². The fourth-order valence-electron chi connectivity index (χ4n) is 2.83. The fourth-order valence-corrected chi connectivity index (χ4v) is 2.83. The second-order valence-corrected chi connectivity index (χ2v) is 6.29. The van der Waals surface area contributed by atoms with E-state index in [9.17, 15) is 4.39 Å². The maximum Gasteiger partial charge on any atom is 0.123 e. The van der Waals surface area contributed by atoms with Gasteiger partial charge in [-0.1, -0.05) is 36.4 Å². The molecule has 0 amide bonds. The van der Waals surface area contributed by atoms with Gasteiger partial charge in [-0.05, 0) is 42.7 Å². The molecule has 116 valence electrons. The first kappa shape index (κ1) is 15.2. The van der Waals surface area contributed by atoms with Crippen molar-refractivity contribution in [2.45, 2.75) is 38.6 Å². The molecule has 0 spiro atoms. The van der Waals surface area contributed by atoms with Gasteiger partial charge in [0.2, 0.25) is 0 Å². The molecule has 1 heterocycles. The number of fused-ring (bicyclic) bond motifs is 1. The van der Waals surface area contributed by atoms with Gasteiger partial charge in [-0.3, -0.25) is 4.84 Å². The summed E-state index contributed by atoms with van der Waals surface area (Å²) in [5.74, 6) is -0.260.